The van der Waals surface area contributed by atoms with Crippen molar-refractivity contribution in [3.8, 4) is 0 Å². The summed E-state index contributed by atoms with van der Waals surface area (Å²) in [6.07, 6.45) is 0.866. The standard InChI is InChI=1S/C19H24N4O3/c1-4-16-21-22-17(26-16)10-20-19(25)14-9-18(24)23(11-14)15-7-5-13(6-8-15)12(2)3/h5-8,12,14H,4,9-11H2,1-3H3,(H,20,25)/t14-/m1/s1. The van der Waals surface area contributed by atoms with E-state index in [0.717, 1.165) is 5.69 Å². The molecule has 0 radical (unpaired) electrons. The fourth-order valence-corrected chi connectivity index (χ4v) is 2.98. The molecule has 0 bridgehead atoms. The maximum absolute atomic E-state index is 12.4. The number of nitrogens with one attached hydrogen (secondary N) is 1. The molecule has 3 rings (SSSR count). The minimum absolute atomic E-state index is 0.0338. The zero-order valence-electron chi connectivity index (χ0n) is 15.4. The maximum Gasteiger partial charge on any atom is 0.235 e. The normalized spacial score (nSPS) is 17.2. The van der Waals surface area contributed by atoms with Crippen LogP contribution in [0.3, 0.4) is 0 Å². The van der Waals surface area contributed by atoms with Crippen molar-refractivity contribution in [3.05, 3.63) is 41.6 Å². The van der Waals surface area contributed by atoms with Crippen LogP contribution in [-0.2, 0) is 22.6 Å². The Morgan fingerprint density at radius 3 is 2.58 bits per heavy atom. The first-order valence-corrected chi connectivity index (χ1v) is 8.97. The summed E-state index contributed by atoms with van der Waals surface area (Å²) in [6.45, 7) is 6.74. The lowest BCUT2D eigenvalue weighted by molar-refractivity contribution is -0.126. The number of hydrogen-bond donors (Lipinski definition) is 1. The van der Waals surface area contributed by atoms with Crippen molar-refractivity contribution in [2.75, 3.05) is 11.4 Å². The SMILES string of the molecule is CCc1nnc(CNC(=O)[C@@H]2CC(=O)N(c3ccc(C(C)C)cc3)C2)o1. The second kappa shape index (κ2) is 7.68. The van der Waals surface area contributed by atoms with E-state index in [-0.39, 0.29) is 30.7 Å². The average molecular weight is 356 g/mol. The Kier molecular flexibility index (Phi) is 5.35. The van der Waals surface area contributed by atoms with E-state index in [1.807, 2.05) is 31.2 Å². The van der Waals surface area contributed by atoms with Gasteiger partial charge in [0.15, 0.2) is 0 Å². The topological polar surface area (TPSA) is 88.3 Å². The number of amides is 2. The molecule has 1 aliphatic heterocycles. The molecule has 7 nitrogen and oxygen atoms in total. The van der Waals surface area contributed by atoms with Crippen LogP contribution in [0.15, 0.2) is 28.7 Å². The molecule has 0 saturated carbocycles. The Morgan fingerprint density at radius 2 is 1.96 bits per heavy atom. The average Bonchev–Trinajstić information content (AvgIpc) is 3.26. The van der Waals surface area contributed by atoms with Crippen LogP contribution in [0, 0.1) is 5.92 Å². The quantitative estimate of drug-likeness (QED) is 0.859. The van der Waals surface area contributed by atoms with Gasteiger partial charge < -0.3 is 14.6 Å². The highest BCUT2D eigenvalue weighted by atomic mass is 16.4. The maximum atomic E-state index is 12.4. The highest BCUT2D eigenvalue weighted by molar-refractivity contribution is 6.00. The molecule has 2 aromatic rings. The van der Waals surface area contributed by atoms with Gasteiger partial charge in [-0.05, 0) is 23.6 Å². The van der Waals surface area contributed by atoms with Gasteiger partial charge in [-0.3, -0.25) is 9.59 Å². The summed E-state index contributed by atoms with van der Waals surface area (Å²) >= 11 is 0. The summed E-state index contributed by atoms with van der Waals surface area (Å²) in [5.74, 6) is 0.780. The van der Waals surface area contributed by atoms with E-state index in [4.69, 9.17) is 4.42 Å². The molecule has 1 N–H and O–H groups in total. The van der Waals surface area contributed by atoms with E-state index in [1.54, 1.807) is 4.90 Å². The van der Waals surface area contributed by atoms with Crippen molar-refractivity contribution in [1.82, 2.24) is 15.5 Å². The van der Waals surface area contributed by atoms with Crippen LogP contribution in [-0.4, -0.2) is 28.6 Å². The minimum Gasteiger partial charge on any atom is -0.423 e. The number of carbonyl (C=O) groups excluding carboxylic acids is 2. The predicted octanol–water partition coefficient (Wildman–Crippen LogP) is 2.42. The summed E-state index contributed by atoms with van der Waals surface area (Å²) in [7, 11) is 0. The fraction of sp³-hybridized carbons (Fsp3) is 0.474. The lowest BCUT2D eigenvalue weighted by atomic mass is 10.0. The van der Waals surface area contributed by atoms with E-state index in [1.165, 1.54) is 5.56 Å². The number of hydrogen-bond acceptors (Lipinski definition) is 5. The summed E-state index contributed by atoms with van der Waals surface area (Å²) in [5, 5.41) is 10.5. The van der Waals surface area contributed by atoms with Gasteiger partial charge in [-0.25, -0.2) is 0 Å². The van der Waals surface area contributed by atoms with Crippen molar-refractivity contribution < 1.29 is 14.0 Å². The van der Waals surface area contributed by atoms with E-state index >= 15 is 0 Å². The Hall–Kier alpha value is -2.70. The first-order valence-electron chi connectivity index (χ1n) is 8.97. The molecule has 0 aliphatic carbocycles. The van der Waals surface area contributed by atoms with Crippen molar-refractivity contribution >= 4 is 17.5 Å². The molecule has 0 spiro atoms. The first kappa shape index (κ1) is 18.1. The molecule has 1 saturated heterocycles. The third-order valence-corrected chi connectivity index (χ3v) is 4.59. The number of nitrogens with zero attached hydrogens (tertiary/aromatic N) is 3. The van der Waals surface area contributed by atoms with Gasteiger partial charge in [-0.1, -0.05) is 32.9 Å². The second-order valence-corrected chi connectivity index (χ2v) is 6.81. The van der Waals surface area contributed by atoms with Crippen LogP contribution in [0.5, 0.6) is 0 Å². The van der Waals surface area contributed by atoms with Crippen molar-refractivity contribution in [3.63, 3.8) is 0 Å². The number of aromatic nitrogens is 2. The lowest BCUT2D eigenvalue weighted by Crippen LogP contribution is -2.32. The summed E-state index contributed by atoms with van der Waals surface area (Å²) in [6, 6.07) is 7.94. The molecule has 1 atom stereocenters. The van der Waals surface area contributed by atoms with E-state index < -0.39 is 0 Å². The van der Waals surface area contributed by atoms with Crippen molar-refractivity contribution in [2.24, 2.45) is 5.92 Å². The van der Waals surface area contributed by atoms with Gasteiger partial charge in [-0.2, -0.15) is 0 Å². The molecule has 0 unspecified atom stereocenters. The minimum atomic E-state index is -0.374. The smallest absolute Gasteiger partial charge is 0.235 e. The Balaban J connectivity index is 1.58. The molecule has 2 heterocycles. The molecule has 1 aromatic heterocycles. The van der Waals surface area contributed by atoms with Crippen LogP contribution < -0.4 is 10.2 Å². The molecule has 1 aliphatic rings. The van der Waals surface area contributed by atoms with Gasteiger partial charge >= 0.3 is 0 Å². The van der Waals surface area contributed by atoms with E-state index in [9.17, 15) is 9.59 Å². The highest BCUT2D eigenvalue weighted by Crippen LogP contribution is 2.27. The molecule has 2 amide bonds. The third-order valence-electron chi connectivity index (χ3n) is 4.59. The lowest BCUT2D eigenvalue weighted by Gasteiger charge is -2.17. The monoisotopic (exact) mass is 356 g/mol. The van der Waals surface area contributed by atoms with Crippen LogP contribution in [0.2, 0.25) is 0 Å². The summed E-state index contributed by atoms with van der Waals surface area (Å²) in [4.78, 5) is 26.4. The van der Waals surface area contributed by atoms with Gasteiger partial charge in [-0.15, -0.1) is 10.2 Å². The number of carbonyl (C=O) groups is 2. The molecular weight excluding hydrogens is 332 g/mol. The molecule has 26 heavy (non-hydrogen) atoms. The predicted molar refractivity (Wildman–Crippen MR) is 96.5 cm³/mol. The number of benzene rings is 1. The van der Waals surface area contributed by atoms with Crippen LogP contribution in [0.1, 0.15) is 50.5 Å². The zero-order valence-corrected chi connectivity index (χ0v) is 15.4. The Morgan fingerprint density at radius 1 is 1.27 bits per heavy atom. The largest absolute Gasteiger partial charge is 0.423 e. The molecule has 1 aromatic carbocycles. The van der Waals surface area contributed by atoms with Crippen LogP contribution in [0.4, 0.5) is 5.69 Å². The molecule has 1 fully saturated rings. The van der Waals surface area contributed by atoms with Crippen LogP contribution in [0.25, 0.3) is 0 Å². The van der Waals surface area contributed by atoms with Crippen molar-refractivity contribution in [1.29, 1.82) is 0 Å². The Bertz CT molecular complexity index is 782. The van der Waals surface area contributed by atoms with Crippen LogP contribution >= 0.6 is 0 Å². The van der Waals surface area contributed by atoms with E-state index in [0.29, 0.717) is 30.7 Å². The van der Waals surface area contributed by atoms with Gasteiger partial charge in [0, 0.05) is 25.1 Å². The van der Waals surface area contributed by atoms with Gasteiger partial charge in [0.1, 0.15) is 0 Å². The molecular formula is C19H24N4O3. The van der Waals surface area contributed by atoms with Gasteiger partial charge in [0.05, 0.1) is 12.5 Å². The first-order chi connectivity index (χ1) is 12.5. The molecule has 7 heteroatoms. The van der Waals surface area contributed by atoms with Gasteiger partial charge in [0.25, 0.3) is 0 Å². The second-order valence-electron chi connectivity index (χ2n) is 6.81. The zero-order chi connectivity index (χ0) is 18.7. The highest BCUT2D eigenvalue weighted by Gasteiger charge is 2.35. The fourth-order valence-electron chi connectivity index (χ4n) is 2.98. The number of aryl methyl sites for hydroxylation is 1. The van der Waals surface area contributed by atoms with E-state index in [2.05, 4.69) is 29.4 Å². The van der Waals surface area contributed by atoms with Gasteiger partial charge in [0.2, 0.25) is 23.6 Å². The Labute approximate surface area is 152 Å². The molecule has 138 valence electrons. The number of rotatable bonds is 6. The number of anilines is 1. The summed E-state index contributed by atoms with van der Waals surface area (Å²) in [5.41, 5.74) is 2.06. The summed E-state index contributed by atoms with van der Waals surface area (Å²) < 4.78 is 5.37. The third kappa shape index (κ3) is 3.92. The van der Waals surface area contributed by atoms with Crippen molar-refractivity contribution in [2.45, 2.75) is 46.1 Å².